The number of ether oxygens (including phenoxy) is 1. The summed E-state index contributed by atoms with van der Waals surface area (Å²) in [6, 6.07) is 4.12. The predicted molar refractivity (Wildman–Crippen MR) is 114 cm³/mol. The molecule has 1 aromatic carbocycles. The molecule has 2 aliphatic rings. The summed E-state index contributed by atoms with van der Waals surface area (Å²) in [5, 5.41) is 15.7. The van der Waals surface area contributed by atoms with Gasteiger partial charge in [-0.2, -0.15) is 0 Å². The van der Waals surface area contributed by atoms with Gasteiger partial charge in [-0.3, -0.25) is 14.5 Å². The third-order valence-electron chi connectivity index (χ3n) is 5.55. The Morgan fingerprint density at radius 2 is 2.16 bits per heavy atom. The van der Waals surface area contributed by atoms with Crippen molar-refractivity contribution >= 4 is 29.2 Å². The number of aliphatic hydroxyl groups is 1. The first kappa shape index (κ1) is 21.2. The van der Waals surface area contributed by atoms with Gasteiger partial charge in [0, 0.05) is 49.3 Å². The number of aromatic amines is 1. The molecular weight excluding hydrogens is 403 g/mol. The predicted octanol–water partition coefficient (Wildman–Crippen LogP) is 1.38. The summed E-state index contributed by atoms with van der Waals surface area (Å²) in [5.74, 6) is -1.08. The van der Waals surface area contributed by atoms with Crippen LogP contribution in [0.15, 0.2) is 24.4 Å². The van der Waals surface area contributed by atoms with Gasteiger partial charge < -0.3 is 25.5 Å². The van der Waals surface area contributed by atoms with Crippen molar-refractivity contribution in [2.75, 3.05) is 44.7 Å². The quantitative estimate of drug-likeness (QED) is 0.520. The fraction of sp³-hybridized carbons (Fsp3) is 0.364. The molecule has 4 rings (SSSR count). The molecule has 1 atom stereocenters. The first-order valence-corrected chi connectivity index (χ1v) is 10.2. The van der Waals surface area contributed by atoms with Crippen LogP contribution in [-0.2, 0) is 9.53 Å². The number of H-pyrrole nitrogens is 1. The zero-order valence-electron chi connectivity index (χ0n) is 17.2. The van der Waals surface area contributed by atoms with E-state index >= 15 is 0 Å². The molecule has 8 nitrogen and oxygen atoms in total. The van der Waals surface area contributed by atoms with Crippen LogP contribution in [0.3, 0.4) is 0 Å². The molecule has 0 saturated carbocycles. The molecule has 0 radical (unpaired) electrons. The Bertz CT molecular complexity index is 1030. The Balaban J connectivity index is 1.42. The molecule has 3 heterocycles. The molecule has 0 aliphatic carbocycles. The van der Waals surface area contributed by atoms with Crippen molar-refractivity contribution in [3.8, 4) is 0 Å². The number of fused-ring (bicyclic) bond motifs is 1. The number of hydrogen-bond donors (Lipinski definition) is 4. The van der Waals surface area contributed by atoms with Gasteiger partial charge in [-0.25, -0.2) is 4.39 Å². The number of benzene rings is 1. The number of amides is 2. The van der Waals surface area contributed by atoms with Crippen molar-refractivity contribution in [3.63, 3.8) is 0 Å². The largest absolute Gasteiger partial charge is 0.390 e. The monoisotopic (exact) mass is 428 g/mol. The van der Waals surface area contributed by atoms with Gasteiger partial charge in [0.1, 0.15) is 5.82 Å². The van der Waals surface area contributed by atoms with Crippen molar-refractivity contribution in [2.24, 2.45) is 0 Å². The maximum Gasteiger partial charge on any atom is 0.256 e. The molecule has 1 saturated heterocycles. The number of aliphatic hydroxyl groups excluding tert-OH is 1. The van der Waals surface area contributed by atoms with E-state index < -0.39 is 11.9 Å². The highest BCUT2D eigenvalue weighted by molar-refractivity contribution is 6.34. The first-order valence-electron chi connectivity index (χ1n) is 10.2. The summed E-state index contributed by atoms with van der Waals surface area (Å²) < 4.78 is 18.9. The Morgan fingerprint density at radius 1 is 1.39 bits per heavy atom. The van der Waals surface area contributed by atoms with Crippen molar-refractivity contribution in [1.82, 2.24) is 15.2 Å². The van der Waals surface area contributed by atoms with Crippen LogP contribution in [0.1, 0.15) is 27.2 Å². The normalized spacial score (nSPS) is 18.7. The molecule has 1 aromatic heterocycles. The molecular formula is C22H25FN4O4. The van der Waals surface area contributed by atoms with Crippen LogP contribution >= 0.6 is 0 Å². The standard InChI is InChI=1S/C22H25FN4O4/c1-13-18(21(29)25-10-15(28)12-27-4-6-31-7-5-27)11-24-20(13)9-17-16-8-14(23)2-3-19(16)26-22(17)30/h2-3,8-9,11,15,24,28H,4-7,10,12H2,1H3,(H,25,29)(H,26,30)/t15-/m0/s1. The van der Waals surface area contributed by atoms with E-state index in [0.717, 1.165) is 13.1 Å². The number of nitrogens with one attached hydrogen (secondary N) is 3. The summed E-state index contributed by atoms with van der Waals surface area (Å²) in [7, 11) is 0. The Morgan fingerprint density at radius 3 is 2.94 bits per heavy atom. The number of carbonyl (C=O) groups is 2. The second kappa shape index (κ2) is 9.01. The van der Waals surface area contributed by atoms with E-state index in [1.165, 1.54) is 18.2 Å². The molecule has 9 heteroatoms. The molecule has 31 heavy (non-hydrogen) atoms. The average molecular weight is 428 g/mol. The minimum absolute atomic E-state index is 0.131. The van der Waals surface area contributed by atoms with Crippen molar-refractivity contribution < 1.29 is 23.8 Å². The van der Waals surface area contributed by atoms with E-state index in [1.807, 2.05) is 0 Å². The van der Waals surface area contributed by atoms with Crippen LogP contribution in [0.5, 0.6) is 0 Å². The van der Waals surface area contributed by atoms with Gasteiger partial charge in [0.2, 0.25) is 0 Å². The van der Waals surface area contributed by atoms with Crippen LogP contribution < -0.4 is 10.6 Å². The lowest BCUT2D eigenvalue weighted by atomic mass is 10.0. The van der Waals surface area contributed by atoms with E-state index in [9.17, 15) is 19.1 Å². The van der Waals surface area contributed by atoms with E-state index in [4.69, 9.17) is 4.74 Å². The van der Waals surface area contributed by atoms with Gasteiger partial charge in [-0.05, 0) is 36.8 Å². The van der Waals surface area contributed by atoms with E-state index in [2.05, 4.69) is 20.5 Å². The number of anilines is 1. The lowest BCUT2D eigenvalue weighted by Crippen LogP contribution is -2.44. The van der Waals surface area contributed by atoms with Crippen molar-refractivity contribution in [2.45, 2.75) is 13.0 Å². The first-order chi connectivity index (χ1) is 14.9. The number of β-amino-alcohol motifs (C(OH)–C–C–N with tert-alkyl or cyclic N) is 1. The van der Waals surface area contributed by atoms with Crippen LogP contribution in [0.4, 0.5) is 10.1 Å². The van der Waals surface area contributed by atoms with Crippen LogP contribution in [-0.4, -0.2) is 72.3 Å². The summed E-state index contributed by atoms with van der Waals surface area (Å²) in [6.45, 7) is 5.19. The number of aromatic nitrogens is 1. The maximum atomic E-state index is 13.6. The lowest BCUT2D eigenvalue weighted by Gasteiger charge is -2.28. The van der Waals surface area contributed by atoms with E-state index in [-0.39, 0.29) is 18.4 Å². The fourth-order valence-electron chi connectivity index (χ4n) is 3.80. The number of morpholine rings is 1. The van der Waals surface area contributed by atoms with Crippen LogP contribution in [0.2, 0.25) is 0 Å². The maximum absolute atomic E-state index is 13.6. The minimum atomic E-state index is -0.684. The highest BCUT2D eigenvalue weighted by Gasteiger charge is 2.25. The molecule has 4 N–H and O–H groups in total. The molecule has 2 aliphatic heterocycles. The van der Waals surface area contributed by atoms with Crippen LogP contribution in [0.25, 0.3) is 11.6 Å². The molecule has 0 spiro atoms. The van der Waals surface area contributed by atoms with Gasteiger partial charge in [0.05, 0.1) is 30.5 Å². The average Bonchev–Trinajstić information content (AvgIpc) is 3.27. The Hall–Kier alpha value is -3.01. The van der Waals surface area contributed by atoms with Gasteiger partial charge in [-0.1, -0.05) is 0 Å². The third kappa shape index (κ3) is 4.68. The smallest absolute Gasteiger partial charge is 0.256 e. The van der Waals surface area contributed by atoms with Gasteiger partial charge >= 0.3 is 0 Å². The number of carbonyl (C=O) groups excluding carboxylic acids is 2. The summed E-state index contributed by atoms with van der Waals surface area (Å²) >= 11 is 0. The summed E-state index contributed by atoms with van der Waals surface area (Å²) in [6.07, 6.45) is 2.49. The highest BCUT2D eigenvalue weighted by Crippen LogP contribution is 2.34. The number of hydrogen-bond acceptors (Lipinski definition) is 5. The number of nitrogens with zero attached hydrogens (tertiary/aromatic N) is 1. The number of rotatable bonds is 6. The van der Waals surface area contributed by atoms with E-state index in [1.54, 1.807) is 19.2 Å². The second-order valence-corrected chi connectivity index (χ2v) is 7.72. The highest BCUT2D eigenvalue weighted by atomic mass is 19.1. The zero-order chi connectivity index (χ0) is 22.0. The van der Waals surface area contributed by atoms with Gasteiger partial charge in [-0.15, -0.1) is 0 Å². The third-order valence-corrected chi connectivity index (χ3v) is 5.55. The molecule has 1 fully saturated rings. The van der Waals surface area contributed by atoms with Crippen molar-refractivity contribution in [1.29, 1.82) is 0 Å². The molecule has 2 aromatic rings. The van der Waals surface area contributed by atoms with E-state index in [0.29, 0.717) is 53.4 Å². The molecule has 0 bridgehead atoms. The number of halogens is 1. The topological polar surface area (TPSA) is 107 Å². The second-order valence-electron chi connectivity index (χ2n) is 7.72. The van der Waals surface area contributed by atoms with Gasteiger partial charge in [0.25, 0.3) is 11.8 Å². The van der Waals surface area contributed by atoms with Crippen molar-refractivity contribution in [3.05, 3.63) is 52.6 Å². The summed E-state index contributed by atoms with van der Waals surface area (Å²) in [5.41, 5.74) is 3.02. The minimum Gasteiger partial charge on any atom is -0.390 e. The summed E-state index contributed by atoms with van der Waals surface area (Å²) in [4.78, 5) is 30.0. The zero-order valence-corrected chi connectivity index (χ0v) is 17.2. The molecule has 164 valence electrons. The Kier molecular flexibility index (Phi) is 6.17. The molecule has 2 amide bonds. The molecule has 0 unspecified atom stereocenters. The van der Waals surface area contributed by atoms with Crippen LogP contribution in [0, 0.1) is 12.7 Å². The Labute approximate surface area is 179 Å². The fourth-order valence-corrected chi connectivity index (χ4v) is 3.80. The SMILES string of the molecule is Cc1c(C(=O)NC[C@H](O)CN2CCOCC2)c[nH]c1C=C1C(=O)Nc2ccc(F)cc21. The van der Waals surface area contributed by atoms with Gasteiger partial charge in [0.15, 0.2) is 0 Å². The lowest BCUT2D eigenvalue weighted by molar-refractivity contribution is -0.110.